The summed E-state index contributed by atoms with van der Waals surface area (Å²) in [6.45, 7) is 0.848. The summed E-state index contributed by atoms with van der Waals surface area (Å²) >= 11 is 0. The summed E-state index contributed by atoms with van der Waals surface area (Å²) in [6.07, 6.45) is -0.148. The third-order valence-electron chi connectivity index (χ3n) is 2.62. The number of hydrogen-bond donors (Lipinski definition) is 1. The zero-order valence-corrected chi connectivity index (χ0v) is 10.6. The zero-order chi connectivity index (χ0) is 13.0. The molecule has 1 unspecified atom stereocenters. The molecule has 5 heteroatoms. The molecule has 2 rings (SSSR count). The van der Waals surface area contributed by atoms with Crippen LogP contribution >= 0.6 is 0 Å². The molecule has 1 aromatic heterocycles. The van der Waals surface area contributed by atoms with Gasteiger partial charge in [0.2, 0.25) is 0 Å². The van der Waals surface area contributed by atoms with Crippen molar-refractivity contribution in [2.24, 2.45) is 0 Å². The number of aliphatic hydroxyl groups is 1. The summed E-state index contributed by atoms with van der Waals surface area (Å²) in [5.74, 6) is 0.864. The molecular formula is C13H17N3O2. The Balaban J connectivity index is 2.06. The third kappa shape index (κ3) is 3.15. The third-order valence-corrected chi connectivity index (χ3v) is 2.62. The van der Waals surface area contributed by atoms with Crippen LogP contribution in [0.2, 0.25) is 0 Å². The average molecular weight is 247 g/mol. The summed E-state index contributed by atoms with van der Waals surface area (Å²) < 4.78 is 5.08. The number of likely N-dealkylation sites (N-methyl/N-ethyl adjacent to an activating group) is 1. The van der Waals surface area contributed by atoms with Crippen molar-refractivity contribution >= 4 is 0 Å². The van der Waals surface area contributed by atoms with E-state index in [1.807, 2.05) is 49.3 Å². The smallest absolute Gasteiger partial charge is 0.260 e. The van der Waals surface area contributed by atoms with E-state index in [1.54, 1.807) is 0 Å². The van der Waals surface area contributed by atoms with Crippen molar-refractivity contribution in [1.29, 1.82) is 0 Å². The lowest BCUT2D eigenvalue weighted by atomic mass is 10.1. The van der Waals surface area contributed by atoms with Gasteiger partial charge in [-0.2, -0.15) is 4.98 Å². The van der Waals surface area contributed by atoms with E-state index in [1.165, 1.54) is 0 Å². The Hall–Kier alpha value is -1.72. The summed E-state index contributed by atoms with van der Waals surface area (Å²) in [5, 5.41) is 13.9. The van der Waals surface area contributed by atoms with E-state index in [2.05, 4.69) is 10.1 Å². The fourth-order valence-corrected chi connectivity index (χ4v) is 1.58. The van der Waals surface area contributed by atoms with Crippen LogP contribution in [0.3, 0.4) is 0 Å². The maximum absolute atomic E-state index is 10.1. The molecule has 1 atom stereocenters. The Morgan fingerprint density at radius 3 is 2.67 bits per heavy atom. The Kier molecular flexibility index (Phi) is 4.07. The fourth-order valence-electron chi connectivity index (χ4n) is 1.58. The highest BCUT2D eigenvalue weighted by atomic mass is 16.5. The predicted octanol–water partition coefficient (Wildman–Crippen LogP) is 1.26. The summed E-state index contributed by atoms with van der Waals surface area (Å²) in [6, 6.07) is 9.28. The topological polar surface area (TPSA) is 62.4 Å². The van der Waals surface area contributed by atoms with Crippen molar-refractivity contribution in [3.63, 3.8) is 0 Å². The van der Waals surface area contributed by atoms with Gasteiger partial charge in [-0.3, -0.25) is 0 Å². The molecule has 96 valence electrons. The molecule has 0 spiro atoms. The van der Waals surface area contributed by atoms with Gasteiger partial charge in [-0.05, 0) is 19.7 Å². The molecule has 0 saturated heterocycles. The van der Waals surface area contributed by atoms with Gasteiger partial charge >= 0.3 is 0 Å². The van der Waals surface area contributed by atoms with E-state index < -0.39 is 6.10 Å². The SMILES string of the molecule is CN(C)CCc1noc(C(O)c2ccccc2)n1. The molecule has 0 radical (unpaired) electrons. The van der Waals surface area contributed by atoms with Crippen LogP contribution in [0, 0.1) is 0 Å². The van der Waals surface area contributed by atoms with Gasteiger partial charge in [0.25, 0.3) is 5.89 Å². The number of rotatable bonds is 5. The largest absolute Gasteiger partial charge is 0.378 e. The number of benzene rings is 1. The molecule has 0 amide bonds. The van der Waals surface area contributed by atoms with Crippen LogP contribution in [-0.2, 0) is 6.42 Å². The van der Waals surface area contributed by atoms with Crippen molar-refractivity contribution in [2.75, 3.05) is 20.6 Å². The highest BCUT2D eigenvalue weighted by Gasteiger charge is 2.17. The first-order valence-corrected chi connectivity index (χ1v) is 5.87. The lowest BCUT2D eigenvalue weighted by Crippen LogP contribution is -2.15. The van der Waals surface area contributed by atoms with Gasteiger partial charge in [-0.25, -0.2) is 0 Å². The van der Waals surface area contributed by atoms with Gasteiger partial charge in [0.15, 0.2) is 11.9 Å². The molecule has 2 aromatic rings. The maximum Gasteiger partial charge on any atom is 0.260 e. The van der Waals surface area contributed by atoms with Crippen molar-refractivity contribution in [3.8, 4) is 0 Å². The van der Waals surface area contributed by atoms with Gasteiger partial charge in [-0.1, -0.05) is 35.5 Å². The second kappa shape index (κ2) is 5.75. The van der Waals surface area contributed by atoms with E-state index in [-0.39, 0.29) is 5.89 Å². The molecule has 0 aliphatic heterocycles. The first kappa shape index (κ1) is 12.7. The molecule has 0 fully saturated rings. The van der Waals surface area contributed by atoms with Gasteiger partial charge < -0.3 is 14.5 Å². The molecule has 0 saturated carbocycles. The molecule has 0 bridgehead atoms. The molecule has 5 nitrogen and oxygen atoms in total. The first-order valence-electron chi connectivity index (χ1n) is 5.87. The highest BCUT2D eigenvalue weighted by Crippen LogP contribution is 2.19. The predicted molar refractivity (Wildman–Crippen MR) is 67.1 cm³/mol. The molecular weight excluding hydrogens is 230 g/mol. The number of aliphatic hydroxyl groups excluding tert-OH is 1. The van der Waals surface area contributed by atoms with E-state index in [0.29, 0.717) is 12.2 Å². The standard InChI is InChI=1S/C13H17N3O2/c1-16(2)9-8-11-14-13(18-15-11)12(17)10-6-4-3-5-7-10/h3-7,12,17H,8-9H2,1-2H3. The molecule has 0 aliphatic carbocycles. The molecule has 1 N–H and O–H groups in total. The van der Waals surface area contributed by atoms with Crippen LogP contribution in [0.25, 0.3) is 0 Å². The summed E-state index contributed by atoms with van der Waals surface area (Å²) in [5.41, 5.74) is 0.750. The van der Waals surface area contributed by atoms with Crippen LogP contribution < -0.4 is 0 Å². The lowest BCUT2D eigenvalue weighted by Gasteiger charge is -2.06. The Labute approximate surface area is 106 Å². The van der Waals surface area contributed by atoms with E-state index in [9.17, 15) is 5.11 Å². The quantitative estimate of drug-likeness (QED) is 0.861. The minimum atomic E-state index is -0.855. The van der Waals surface area contributed by atoms with Crippen LogP contribution in [-0.4, -0.2) is 40.8 Å². The minimum Gasteiger partial charge on any atom is -0.378 e. The van der Waals surface area contributed by atoms with Crippen molar-refractivity contribution in [3.05, 3.63) is 47.6 Å². The average Bonchev–Trinajstić information content (AvgIpc) is 2.85. The van der Waals surface area contributed by atoms with E-state index in [4.69, 9.17) is 4.52 Å². The van der Waals surface area contributed by atoms with Crippen molar-refractivity contribution in [2.45, 2.75) is 12.5 Å². The van der Waals surface area contributed by atoms with Crippen LogP contribution in [0.1, 0.15) is 23.4 Å². The first-order chi connectivity index (χ1) is 8.66. The van der Waals surface area contributed by atoms with Crippen LogP contribution in [0.5, 0.6) is 0 Å². The van der Waals surface area contributed by atoms with Gasteiger partial charge in [-0.15, -0.1) is 0 Å². The summed E-state index contributed by atoms with van der Waals surface area (Å²) in [7, 11) is 3.97. The van der Waals surface area contributed by atoms with Crippen molar-refractivity contribution < 1.29 is 9.63 Å². The van der Waals surface area contributed by atoms with Crippen LogP contribution in [0.15, 0.2) is 34.9 Å². The number of hydrogen-bond acceptors (Lipinski definition) is 5. The van der Waals surface area contributed by atoms with Crippen molar-refractivity contribution in [1.82, 2.24) is 15.0 Å². The Morgan fingerprint density at radius 2 is 2.00 bits per heavy atom. The molecule has 1 aromatic carbocycles. The van der Waals surface area contributed by atoms with E-state index >= 15 is 0 Å². The fraction of sp³-hybridized carbons (Fsp3) is 0.385. The zero-order valence-electron chi connectivity index (χ0n) is 10.6. The van der Waals surface area contributed by atoms with E-state index in [0.717, 1.165) is 12.1 Å². The number of aromatic nitrogens is 2. The molecule has 0 aliphatic rings. The lowest BCUT2D eigenvalue weighted by molar-refractivity contribution is 0.170. The van der Waals surface area contributed by atoms with Gasteiger partial charge in [0.1, 0.15) is 0 Å². The minimum absolute atomic E-state index is 0.245. The monoisotopic (exact) mass is 247 g/mol. The second-order valence-corrected chi connectivity index (χ2v) is 4.42. The molecule has 1 heterocycles. The van der Waals surface area contributed by atoms with Crippen LogP contribution in [0.4, 0.5) is 0 Å². The second-order valence-electron chi connectivity index (χ2n) is 4.42. The Morgan fingerprint density at radius 1 is 1.28 bits per heavy atom. The molecule has 18 heavy (non-hydrogen) atoms. The van der Waals surface area contributed by atoms with Gasteiger partial charge in [0.05, 0.1) is 0 Å². The number of nitrogens with zero attached hydrogens (tertiary/aromatic N) is 3. The summed E-state index contributed by atoms with van der Waals surface area (Å²) in [4.78, 5) is 6.25. The maximum atomic E-state index is 10.1. The normalized spacial score (nSPS) is 12.9. The van der Waals surface area contributed by atoms with Gasteiger partial charge in [0, 0.05) is 13.0 Å². The Bertz CT molecular complexity index is 482. The highest BCUT2D eigenvalue weighted by molar-refractivity contribution is 5.21.